The van der Waals surface area contributed by atoms with Crippen LogP contribution in [0.15, 0.2) is 30.3 Å². The maximum absolute atomic E-state index is 12.3. The van der Waals surface area contributed by atoms with Crippen molar-refractivity contribution in [2.45, 2.75) is 26.4 Å². The minimum atomic E-state index is -3.04. The summed E-state index contributed by atoms with van der Waals surface area (Å²) in [6.45, 7) is 5.67. The first kappa shape index (κ1) is 18.5. The Hall–Kier alpha value is -0.590. The van der Waals surface area contributed by atoms with Crippen LogP contribution < -0.4 is 4.90 Å². The molecular weight excluding hydrogens is 329 g/mol. The Labute approximate surface area is 135 Å². The van der Waals surface area contributed by atoms with Crippen molar-refractivity contribution in [1.29, 1.82) is 0 Å². The summed E-state index contributed by atoms with van der Waals surface area (Å²) in [5, 5.41) is 0. The van der Waals surface area contributed by atoms with Gasteiger partial charge < -0.3 is 14.2 Å². The lowest BCUT2D eigenvalue weighted by Crippen LogP contribution is -2.38. The molecule has 0 heterocycles. The van der Waals surface area contributed by atoms with E-state index in [1.54, 1.807) is 32.9 Å². The van der Waals surface area contributed by atoms with E-state index >= 15 is 0 Å². The highest BCUT2D eigenvalue weighted by Gasteiger charge is 2.23. The highest BCUT2D eigenvalue weighted by Crippen LogP contribution is 2.47. The van der Waals surface area contributed by atoms with E-state index in [1.165, 1.54) is 4.90 Å². The van der Waals surface area contributed by atoms with Crippen molar-refractivity contribution < 1.29 is 18.9 Å². The van der Waals surface area contributed by atoms with E-state index in [0.717, 1.165) is 0 Å². The van der Waals surface area contributed by atoms with Gasteiger partial charge in [-0.25, -0.2) is 4.79 Å². The Kier molecular flexibility index (Phi) is 6.69. The molecule has 118 valence electrons. The molecule has 0 aliphatic heterocycles. The molecule has 1 rings (SSSR count). The van der Waals surface area contributed by atoms with E-state index in [0.29, 0.717) is 5.69 Å². The number of nitrogens with zero attached hydrogens (tertiary/aromatic N) is 1. The molecule has 1 atom stereocenters. The second kappa shape index (κ2) is 7.61. The summed E-state index contributed by atoms with van der Waals surface area (Å²) in [5.74, 6) is 0. The van der Waals surface area contributed by atoms with Gasteiger partial charge in [0.05, 0.1) is 13.2 Å². The van der Waals surface area contributed by atoms with Crippen LogP contribution in [0.3, 0.4) is 0 Å². The number of para-hydroxylation sites is 1. The van der Waals surface area contributed by atoms with Crippen LogP contribution in [0.1, 0.15) is 20.8 Å². The van der Waals surface area contributed by atoms with Crippen molar-refractivity contribution >= 4 is 41.5 Å². The Bertz CT molecular complexity index is 513. The largest absolute Gasteiger partial charge is 0.443 e. The van der Waals surface area contributed by atoms with Crippen molar-refractivity contribution in [3.8, 4) is 0 Å². The van der Waals surface area contributed by atoms with Crippen molar-refractivity contribution in [2.24, 2.45) is 0 Å². The van der Waals surface area contributed by atoms with E-state index in [2.05, 4.69) is 24.1 Å². The molecule has 0 fully saturated rings. The molecule has 1 aromatic rings. The van der Waals surface area contributed by atoms with Crippen molar-refractivity contribution in [3.05, 3.63) is 30.3 Å². The Morgan fingerprint density at radius 1 is 1.38 bits per heavy atom. The summed E-state index contributed by atoms with van der Waals surface area (Å²) < 4.78 is 10.4. The lowest BCUT2D eigenvalue weighted by Gasteiger charge is -2.27. The van der Waals surface area contributed by atoms with Gasteiger partial charge in [0.2, 0.25) is 5.69 Å². The number of carbonyl (C=O) groups excluding carboxylic acids is 1. The molecule has 1 N–H and O–H groups in total. The van der Waals surface area contributed by atoms with Crippen LogP contribution in [0.25, 0.3) is 0 Å². The Morgan fingerprint density at radius 2 is 1.95 bits per heavy atom. The van der Waals surface area contributed by atoms with Crippen LogP contribution in [0.2, 0.25) is 0 Å². The fourth-order valence-electron chi connectivity index (χ4n) is 1.50. The SMILES string of the molecule is CC(C)(C)OC(=O)N(CCOP(O)(=S)S)c1ccccc1. The number of benzene rings is 1. The molecule has 0 bridgehead atoms. The number of ether oxygens (including phenoxy) is 1. The third-order valence-electron chi connectivity index (χ3n) is 2.26. The van der Waals surface area contributed by atoms with Crippen LogP contribution in [0, 0.1) is 0 Å². The topological polar surface area (TPSA) is 59.0 Å². The second-order valence-electron chi connectivity index (χ2n) is 5.29. The summed E-state index contributed by atoms with van der Waals surface area (Å²) in [6.07, 6.45) is -0.484. The third-order valence-corrected chi connectivity index (χ3v) is 3.44. The average Bonchev–Trinajstić information content (AvgIpc) is 2.32. The summed E-state index contributed by atoms with van der Waals surface area (Å²) >= 11 is 8.47. The summed E-state index contributed by atoms with van der Waals surface area (Å²) in [5.41, 5.74) is -2.95. The van der Waals surface area contributed by atoms with Crippen LogP contribution >= 0.6 is 17.9 Å². The molecule has 0 radical (unpaired) electrons. The second-order valence-corrected chi connectivity index (χ2v) is 10.5. The molecule has 1 aromatic carbocycles. The molecule has 0 saturated heterocycles. The molecular formula is C13H20NO4PS2. The van der Waals surface area contributed by atoms with Gasteiger partial charge in [0.15, 0.2) is 0 Å². The smallest absolute Gasteiger partial charge is 0.414 e. The lowest BCUT2D eigenvalue weighted by atomic mass is 10.2. The zero-order chi connectivity index (χ0) is 16.1. The number of amides is 1. The first-order valence-corrected chi connectivity index (χ1v) is 10.2. The van der Waals surface area contributed by atoms with Gasteiger partial charge in [-0.15, -0.1) is 0 Å². The van der Waals surface area contributed by atoms with Gasteiger partial charge in [-0.2, -0.15) is 0 Å². The number of hydrogen-bond acceptors (Lipinski definition) is 4. The average molecular weight is 349 g/mol. The molecule has 21 heavy (non-hydrogen) atoms. The number of thiol groups is 1. The van der Waals surface area contributed by atoms with Crippen molar-refractivity contribution in [1.82, 2.24) is 0 Å². The minimum absolute atomic E-state index is 0.0748. The van der Waals surface area contributed by atoms with E-state index < -0.39 is 17.4 Å². The maximum atomic E-state index is 12.3. The van der Waals surface area contributed by atoms with Gasteiger partial charge >= 0.3 is 6.09 Å². The van der Waals surface area contributed by atoms with Gasteiger partial charge in [-0.1, -0.05) is 30.4 Å². The first-order chi connectivity index (χ1) is 9.58. The summed E-state index contributed by atoms with van der Waals surface area (Å²) in [7, 11) is 0. The highest BCUT2D eigenvalue weighted by atomic mass is 32.9. The molecule has 0 aliphatic rings. The number of rotatable bonds is 5. The Balaban J connectivity index is 2.81. The molecule has 5 nitrogen and oxygen atoms in total. The fraction of sp³-hybridized carbons (Fsp3) is 0.462. The first-order valence-electron chi connectivity index (χ1n) is 6.34. The fourth-order valence-corrected chi connectivity index (χ4v) is 2.29. The number of hydrogen-bond donors (Lipinski definition) is 2. The highest BCUT2D eigenvalue weighted by molar-refractivity contribution is 8.59. The predicted molar refractivity (Wildman–Crippen MR) is 91.5 cm³/mol. The third kappa shape index (κ3) is 7.83. The van der Waals surface area contributed by atoms with Gasteiger partial charge in [0, 0.05) is 5.69 Å². The number of anilines is 1. The minimum Gasteiger partial charge on any atom is -0.443 e. The normalized spacial score (nSPS) is 14.3. The molecule has 0 spiro atoms. The van der Waals surface area contributed by atoms with Gasteiger partial charge in [-0.3, -0.25) is 4.90 Å². The van der Waals surface area contributed by atoms with Crippen LogP contribution in [0.5, 0.6) is 0 Å². The van der Waals surface area contributed by atoms with Crippen molar-refractivity contribution in [2.75, 3.05) is 18.1 Å². The maximum Gasteiger partial charge on any atom is 0.414 e. The molecule has 1 amide bonds. The van der Waals surface area contributed by atoms with E-state index in [1.807, 2.05) is 18.2 Å². The number of carbonyl (C=O) groups is 1. The molecule has 0 aromatic heterocycles. The quantitative estimate of drug-likeness (QED) is 0.628. The molecule has 1 unspecified atom stereocenters. The van der Waals surface area contributed by atoms with E-state index in [9.17, 15) is 9.69 Å². The molecule has 0 aliphatic carbocycles. The van der Waals surface area contributed by atoms with Gasteiger partial charge in [0.25, 0.3) is 0 Å². The van der Waals surface area contributed by atoms with Crippen LogP contribution in [0.4, 0.5) is 10.5 Å². The Morgan fingerprint density at radius 3 is 2.43 bits per heavy atom. The van der Waals surface area contributed by atoms with E-state index in [4.69, 9.17) is 9.26 Å². The lowest BCUT2D eigenvalue weighted by molar-refractivity contribution is 0.0575. The standard InChI is InChI=1S/C13H20NO4PS2/c1-13(2,3)18-12(15)14(9-10-17-19(16,20)21)11-7-5-4-6-8-11/h4-8H,9-10H2,1-3H3,(H2,16,20,21). The van der Waals surface area contributed by atoms with Crippen LogP contribution in [-0.4, -0.2) is 29.7 Å². The van der Waals surface area contributed by atoms with Gasteiger partial charge in [-0.05, 0) is 44.7 Å². The van der Waals surface area contributed by atoms with E-state index in [-0.39, 0.29) is 13.2 Å². The van der Waals surface area contributed by atoms with Gasteiger partial charge in [0.1, 0.15) is 5.60 Å². The zero-order valence-corrected chi connectivity index (χ0v) is 14.8. The van der Waals surface area contributed by atoms with Crippen molar-refractivity contribution in [3.63, 3.8) is 0 Å². The summed E-state index contributed by atoms with van der Waals surface area (Å²) in [4.78, 5) is 23.1. The summed E-state index contributed by atoms with van der Waals surface area (Å²) in [6, 6.07) is 9.08. The predicted octanol–water partition coefficient (Wildman–Crippen LogP) is 3.59. The monoisotopic (exact) mass is 349 g/mol. The van der Waals surface area contributed by atoms with Crippen LogP contribution in [-0.2, 0) is 21.1 Å². The zero-order valence-electron chi connectivity index (χ0n) is 12.2. The molecule has 8 heteroatoms. The molecule has 0 saturated carbocycles.